The Kier molecular flexibility index (Phi) is 7.70. The minimum atomic E-state index is -4.53. The van der Waals surface area contributed by atoms with Crippen LogP contribution >= 0.6 is 0 Å². The van der Waals surface area contributed by atoms with E-state index in [9.17, 15) is 32.7 Å². The van der Waals surface area contributed by atoms with Crippen LogP contribution in [0.5, 0.6) is 0 Å². The maximum absolute atomic E-state index is 13.2. The molecule has 0 unspecified atom stereocenters. The van der Waals surface area contributed by atoms with Crippen LogP contribution in [0.4, 0.5) is 24.5 Å². The van der Waals surface area contributed by atoms with Gasteiger partial charge in [-0.05, 0) is 37.3 Å². The highest BCUT2D eigenvalue weighted by molar-refractivity contribution is 5.93. The van der Waals surface area contributed by atoms with Crippen LogP contribution in [0.1, 0.15) is 23.7 Å². The maximum Gasteiger partial charge on any atom is 0.416 e. The zero-order valence-corrected chi connectivity index (χ0v) is 18.9. The minimum Gasteiger partial charge on any atom is -0.396 e. The lowest BCUT2D eigenvalue weighted by Gasteiger charge is -2.16. The molecule has 3 aromatic rings. The standard InChI is InChI=1S/C24H23F3N4O4/c1-14-20(10-11-32)23(35)31(22(28-14)16-6-8-17(9-7-16)24(25,26)27)13-21(34)30-19-5-3-4-18(12-19)29-15(2)33/h3-9,12,32H,10-11,13H2,1-2H3,(H,29,33)(H,30,34). The van der Waals surface area contributed by atoms with Crippen LogP contribution in [0.3, 0.4) is 0 Å². The predicted octanol–water partition coefficient (Wildman–Crippen LogP) is 3.37. The number of halogens is 3. The third-order valence-electron chi connectivity index (χ3n) is 5.07. The summed E-state index contributed by atoms with van der Waals surface area (Å²) in [4.78, 5) is 41.6. The number of aromatic nitrogens is 2. The van der Waals surface area contributed by atoms with Crippen molar-refractivity contribution in [1.29, 1.82) is 0 Å². The zero-order valence-electron chi connectivity index (χ0n) is 18.9. The first-order chi connectivity index (χ1) is 16.5. The third kappa shape index (κ3) is 6.33. The number of hydrogen-bond donors (Lipinski definition) is 3. The van der Waals surface area contributed by atoms with E-state index < -0.39 is 29.8 Å². The number of carbonyl (C=O) groups excluding carboxylic acids is 2. The molecule has 0 saturated carbocycles. The van der Waals surface area contributed by atoms with Crippen LogP contribution in [0.2, 0.25) is 0 Å². The van der Waals surface area contributed by atoms with Crippen molar-refractivity contribution < 1.29 is 27.9 Å². The summed E-state index contributed by atoms with van der Waals surface area (Å²) in [5, 5.41) is 14.5. The fourth-order valence-corrected chi connectivity index (χ4v) is 3.50. The first kappa shape index (κ1) is 25.6. The van der Waals surface area contributed by atoms with E-state index in [4.69, 9.17) is 0 Å². The second kappa shape index (κ2) is 10.5. The Morgan fingerprint density at radius 1 is 1.06 bits per heavy atom. The lowest BCUT2D eigenvalue weighted by atomic mass is 10.1. The highest BCUT2D eigenvalue weighted by Crippen LogP contribution is 2.30. The van der Waals surface area contributed by atoms with Gasteiger partial charge in [0, 0.05) is 48.1 Å². The van der Waals surface area contributed by atoms with Gasteiger partial charge in [0.05, 0.1) is 5.56 Å². The Morgan fingerprint density at radius 2 is 1.69 bits per heavy atom. The van der Waals surface area contributed by atoms with Gasteiger partial charge in [0.1, 0.15) is 12.4 Å². The third-order valence-corrected chi connectivity index (χ3v) is 5.07. The van der Waals surface area contributed by atoms with E-state index in [-0.39, 0.29) is 35.9 Å². The number of rotatable bonds is 7. The molecule has 3 rings (SSSR count). The molecule has 1 aromatic heterocycles. The molecule has 1 heterocycles. The van der Waals surface area contributed by atoms with E-state index >= 15 is 0 Å². The fraction of sp³-hybridized carbons (Fsp3) is 0.250. The summed E-state index contributed by atoms with van der Waals surface area (Å²) in [6.07, 6.45) is -4.52. The molecule has 0 atom stereocenters. The summed E-state index contributed by atoms with van der Waals surface area (Å²) in [7, 11) is 0. The molecular weight excluding hydrogens is 465 g/mol. The lowest BCUT2D eigenvalue weighted by molar-refractivity contribution is -0.137. The number of aryl methyl sites for hydroxylation is 1. The molecule has 0 bridgehead atoms. The molecule has 2 aromatic carbocycles. The van der Waals surface area contributed by atoms with Gasteiger partial charge in [-0.25, -0.2) is 4.98 Å². The van der Waals surface area contributed by atoms with Gasteiger partial charge in [0.15, 0.2) is 0 Å². The number of anilines is 2. The van der Waals surface area contributed by atoms with E-state index in [0.717, 1.165) is 16.7 Å². The van der Waals surface area contributed by atoms with Gasteiger partial charge in [-0.1, -0.05) is 18.2 Å². The Labute approximate surface area is 198 Å². The van der Waals surface area contributed by atoms with Gasteiger partial charge in [0.2, 0.25) is 11.8 Å². The van der Waals surface area contributed by atoms with Gasteiger partial charge in [-0.15, -0.1) is 0 Å². The van der Waals surface area contributed by atoms with Crippen molar-refractivity contribution in [1.82, 2.24) is 9.55 Å². The van der Waals surface area contributed by atoms with Crippen molar-refractivity contribution in [2.45, 2.75) is 33.0 Å². The molecule has 0 radical (unpaired) electrons. The summed E-state index contributed by atoms with van der Waals surface area (Å²) >= 11 is 0. The van der Waals surface area contributed by atoms with E-state index in [0.29, 0.717) is 17.1 Å². The summed E-state index contributed by atoms with van der Waals surface area (Å²) < 4.78 is 40.0. The minimum absolute atomic E-state index is 0.00530. The van der Waals surface area contributed by atoms with E-state index in [2.05, 4.69) is 15.6 Å². The molecule has 8 nitrogen and oxygen atoms in total. The number of amides is 2. The molecule has 0 aliphatic rings. The normalized spacial score (nSPS) is 11.3. The Bertz CT molecular complexity index is 1300. The number of aliphatic hydroxyl groups is 1. The van der Waals surface area contributed by atoms with Gasteiger partial charge in [-0.2, -0.15) is 13.2 Å². The molecule has 184 valence electrons. The molecule has 0 aliphatic carbocycles. The van der Waals surface area contributed by atoms with Crippen LogP contribution in [0, 0.1) is 6.92 Å². The number of aliphatic hydroxyl groups excluding tert-OH is 1. The predicted molar refractivity (Wildman–Crippen MR) is 124 cm³/mol. The average Bonchev–Trinajstić information content (AvgIpc) is 2.77. The fourth-order valence-electron chi connectivity index (χ4n) is 3.50. The second-order valence-corrected chi connectivity index (χ2v) is 7.75. The molecule has 35 heavy (non-hydrogen) atoms. The summed E-state index contributed by atoms with van der Waals surface area (Å²) in [6.45, 7) is 2.09. The van der Waals surface area contributed by atoms with E-state index in [1.54, 1.807) is 25.1 Å². The number of nitrogens with zero attached hydrogens (tertiary/aromatic N) is 2. The summed E-state index contributed by atoms with van der Waals surface area (Å²) in [6, 6.07) is 10.5. The molecule has 11 heteroatoms. The van der Waals surface area contributed by atoms with E-state index in [1.165, 1.54) is 25.1 Å². The van der Waals surface area contributed by atoms with Gasteiger partial charge < -0.3 is 15.7 Å². The molecule has 3 N–H and O–H groups in total. The molecule has 2 amide bonds. The van der Waals surface area contributed by atoms with Crippen LogP contribution < -0.4 is 16.2 Å². The first-order valence-corrected chi connectivity index (χ1v) is 10.6. The van der Waals surface area contributed by atoms with Gasteiger partial charge in [0.25, 0.3) is 5.56 Å². The lowest BCUT2D eigenvalue weighted by Crippen LogP contribution is -2.33. The van der Waals surface area contributed by atoms with Crippen molar-refractivity contribution in [3.8, 4) is 11.4 Å². The number of hydrogen-bond acceptors (Lipinski definition) is 5. The van der Waals surface area contributed by atoms with E-state index in [1.807, 2.05) is 0 Å². The Hall–Kier alpha value is -3.99. The largest absolute Gasteiger partial charge is 0.416 e. The summed E-state index contributed by atoms with van der Waals surface area (Å²) in [5.74, 6) is -0.866. The number of nitrogens with one attached hydrogen (secondary N) is 2. The first-order valence-electron chi connectivity index (χ1n) is 10.6. The topological polar surface area (TPSA) is 113 Å². The van der Waals surface area contributed by atoms with Crippen molar-refractivity contribution in [2.75, 3.05) is 17.2 Å². The number of carbonyl (C=O) groups is 2. The monoisotopic (exact) mass is 488 g/mol. The molecule has 0 fully saturated rings. The van der Waals surface area contributed by atoms with Crippen LogP contribution in [-0.2, 0) is 28.7 Å². The zero-order chi connectivity index (χ0) is 25.8. The SMILES string of the molecule is CC(=O)Nc1cccc(NC(=O)Cn2c(-c3ccc(C(F)(F)F)cc3)nc(C)c(CCO)c2=O)c1. The van der Waals surface area contributed by atoms with Crippen LogP contribution in [0.15, 0.2) is 53.3 Å². The maximum atomic E-state index is 13.2. The number of alkyl halides is 3. The molecule has 0 saturated heterocycles. The van der Waals surface area contributed by atoms with Gasteiger partial charge >= 0.3 is 6.18 Å². The quantitative estimate of drug-likeness (QED) is 0.472. The molecular formula is C24H23F3N4O4. The Morgan fingerprint density at radius 3 is 2.26 bits per heavy atom. The highest BCUT2D eigenvalue weighted by atomic mass is 19.4. The Balaban J connectivity index is 1.98. The van der Waals surface area contributed by atoms with Gasteiger partial charge in [-0.3, -0.25) is 19.0 Å². The number of benzene rings is 2. The molecule has 0 aliphatic heterocycles. The van der Waals surface area contributed by atoms with Crippen molar-refractivity contribution in [2.24, 2.45) is 0 Å². The smallest absolute Gasteiger partial charge is 0.396 e. The van der Waals surface area contributed by atoms with Crippen molar-refractivity contribution >= 4 is 23.2 Å². The van der Waals surface area contributed by atoms with Crippen molar-refractivity contribution in [3.05, 3.63) is 75.7 Å². The average molecular weight is 488 g/mol. The second-order valence-electron chi connectivity index (χ2n) is 7.75. The van der Waals surface area contributed by atoms with Crippen molar-refractivity contribution in [3.63, 3.8) is 0 Å². The van der Waals surface area contributed by atoms with Crippen LogP contribution in [0.25, 0.3) is 11.4 Å². The van der Waals surface area contributed by atoms with Crippen LogP contribution in [-0.4, -0.2) is 33.1 Å². The molecule has 0 spiro atoms. The summed E-state index contributed by atoms with van der Waals surface area (Å²) in [5.41, 5.74) is 0.0989. The highest BCUT2D eigenvalue weighted by Gasteiger charge is 2.30.